The van der Waals surface area contributed by atoms with Crippen molar-refractivity contribution in [2.24, 2.45) is 4.99 Å². The van der Waals surface area contributed by atoms with Crippen LogP contribution in [0.25, 0.3) is 0 Å². The second-order valence-corrected chi connectivity index (χ2v) is 6.88. The van der Waals surface area contributed by atoms with Crippen LogP contribution in [0.1, 0.15) is 43.2 Å². The molecule has 3 rings (SSSR count). The zero-order valence-corrected chi connectivity index (χ0v) is 12.6. The van der Waals surface area contributed by atoms with E-state index in [0.717, 1.165) is 5.17 Å². The monoisotopic (exact) mass is 274 g/mol. The number of hydrogen-bond donors (Lipinski definition) is 1. The highest BCUT2D eigenvalue weighted by molar-refractivity contribution is 8.14. The van der Waals surface area contributed by atoms with Gasteiger partial charge in [-0.25, -0.2) is 0 Å². The minimum absolute atomic E-state index is 0.255. The number of nitrogens with zero attached hydrogens (tertiary/aromatic N) is 1. The Morgan fingerprint density at radius 3 is 2.63 bits per heavy atom. The minimum Gasteiger partial charge on any atom is -0.335 e. The van der Waals surface area contributed by atoms with Crippen molar-refractivity contribution in [3.63, 3.8) is 0 Å². The van der Waals surface area contributed by atoms with Crippen molar-refractivity contribution in [2.75, 3.05) is 11.1 Å². The molecule has 0 unspecified atom stereocenters. The van der Waals surface area contributed by atoms with Gasteiger partial charge in [0, 0.05) is 11.4 Å². The van der Waals surface area contributed by atoms with Crippen LogP contribution >= 0.6 is 11.8 Å². The van der Waals surface area contributed by atoms with Gasteiger partial charge in [-0.15, -0.1) is 0 Å². The standard InChI is InChI=1S/C16H22N2S/c1-12-6-7-14(10-13(12)2)17-15-18-16(11-19-15)8-4-3-5-9-16/h6-7,10H,3-5,8-9,11H2,1-2H3,(H,17,18). The molecule has 102 valence electrons. The summed E-state index contributed by atoms with van der Waals surface area (Å²) in [6.45, 7) is 4.31. The van der Waals surface area contributed by atoms with Crippen LogP contribution in [0.15, 0.2) is 23.2 Å². The second kappa shape index (κ2) is 5.20. The van der Waals surface area contributed by atoms with E-state index in [9.17, 15) is 0 Å². The lowest BCUT2D eigenvalue weighted by Gasteiger charge is -2.29. The maximum absolute atomic E-state index is 4.99. The van der Waals surface area contributed by atoms with E-state index >= 15 is 0 Å². The van der Waals surface area contributed by atoms with Gasteiger partial charge in [-0.05, 0) is 49.9 Å². The lowest BCUT2D eigenvalue weighted by Crippen LogP contribution is -2.29. The third kappa shape index (κ3) is 2.81. The van der Waals surface area contributed by atoms with Crippen LogP contribution in [0.2, 0.25) is 0 Å². The molecule has 1 heterocycles. The number of benzene rings is 1. The maximum Gasteiger partial charge on any atom is 0.161 e. The van der Waals surface area contributed by atoms with Crippen molar-refractivity contribution in [1.29, 1.82) is 0 Å². The molecule has 0 aromatic heterocycles. The Labute approximate surface area is 120 Å². The molecule has 1 aromatic rings. The average Bonchev–Trinajstić information content (AvgIpc) is 2.78. The topological polar surface area (TPSA) is 24.4 Å². The van der Waals surface area contributed by atoms with Gasteiger partial charge in [0.1, 0.15) is 0 Å². The largest absolute Gasteiger partial charge is 0.335 e. The zero-order chi connectivity index (χ0) is 13.3. The molecule has 1 N–H and O–H groups in total. The Kier molecular flexibility index (Phi) is 3.57. The molecule has 1 spiro atoms. The minimum atomic E-state index is 0.255. The normalized spacial score (nSPS) is 21.5. The van der Waals surface area contributed by atoms with E-state index in [1.807, 2.05) is 11.8 Å². The fourth-order valence-corrected chi connectivity index (χ4v) is 4.16. The molecular formula is C16H22N2S. The van der Waals surface area contributed by atoms with Crippen molar-refractivity contribution in [3.05, 3.63) is 29.3 Å². The quantitative estimate of drug-likeness (QED) is 0.814. The second-order valence-electron chi connectivity index (χ2n) is 5.91. The van der Waals surface area contributed by atoms with Crippen LogP contribution < -0.4 is 5.32 Å². The van der Waals surface area contributed by atoms with Crippen LogP contribution in [-0.4, -0.2) is 16.5 Å². The number of nitrogens with one attached hydrogen (secondary N) is 1. The molecule has 2 nitrogen and oxygen atoms in total. The van der Waals surface area contributed by atoms with E-state index < -0.39 is 0 Å². The molecule has 1 aliphatic heterocycles. The van der Waals surface area contributed by atoms with Crippen molar-refractivity contribution in [1.82, 2.24) is 0 Å². The lowest BCUT2D eigenvalue weighted by molar-refractivity contribution is 0.335. The van der Waals surface area contributed by atoms with E-state index in [0.29, 0.717) is 0 Å². The van der Waals surface area contributed by atoms with Gasteiger partial charge in [-0.2, -0.15) is 0 Å². The summed E-state index contributed by atoms with van der Waals surface area (Å²) in [5, 5.41) is 4.61. The van der Waals surface area contributed by atoms with Crippen LogP contribution in [0.4, 0.5) is 5.69 Å². The number of amidine groups is 1. The summed E-state index contributed by atoms with van der Waals surface area (Å²) in [6, 6.07) is 6.54. The number of thioether (sulfide) groups is 1. The van der Waals surface area contributed by atoms with Crippen molar-refractivity contribution in [2.45, 2.75) is 51.5 Å². The van der Waals surface area contributed by atoms with Crippen LogP contribution in [0.5, 0.6) is 0 Å². The average molecular weight is 274 g/mol. The van der Waals surface area contributed by atoms with Crippen molar-refractivity contribution in [3.8, 4) is 0 Å². The van der Waals surface area contributed by atoms with Crippen LogP contribution in [0, 0.1) is 13.8 Å². The Morgan fingerprint density at radius 2 is 1.89 bits per heavy atom. The summed E-state index contributed by atoms with van der Waals surface area (Å²) < 4.78 is 0. The number of anilines is 1. The number of aliphatic imine (C=N–C) groups is 1. The first kappa shape index (κ1) is 13.0. The fourth-order valence-electron chi connectivity index (χ4n) is 2.96. The first-order chi connectivity index (χ1) is 9.17. The Bertz CT molecular complexity index is 501. The summed E-state index contributed by atoms with van der Waals surface area (Å²) >= 11 is 1.89. The van der Waals surface area contributed by atoms with E-state index in [1.165, 1.54) is 54.7 Å². The summed E-state index contributed by atoms with van der Waals surface area (Å²) in [5.74, 6) is 1.17. The van der Waals surface area contributed by atoms with Gasteiger partial charge < -0.3 is 5.32 Å². The summed E-state index contributed by atoms with van der Waals surface area (Å²) in [4.78, 5) is 4.99. The fraction of sp³-hybridized carbons (Fsp3) is 0.562. The SMILES string of the molecule is Cc1ccc(NC2=NC3(CCCCC3)CS2)cc1C. The Balaban J connectivity index is 1.73. The van der Waals surface area contributed by atoms with Crippen molar-refractivity contribution < 1.29 is 0 Å². The number of rotatable bonds is 1. The lowest BCUT2D eigenvalue weighted by atomic mass is 9.84. The molecule has 0 saturated heterocycles. The Hall–Kier alpha value is -0.960. The predicted octanol–water partition coefficient (Wildman–Crippen LogP) is 4.52. The molecule has 1 saturated carbocycles. The molecule has 1 aromatic carbocycles. The highest BCUT2D eigenvalue weighted by Gasteiger charge is 2.36. The molecule has 0 atom stereocenters. The Morgan fingerprint density at radius 1 is 1.11 bits per heavy atom. The maximum atomic E-state index is 4.99. The van der Waals surface area contributed by atoms with Gasteiger partial charge >= 0.3 is 0 Å². The summed E-state index contributed by atoms with van der Waals surface area (Å²) in [5.41, 5.74) is 4.10. The molecule has 3 heteroatoms. The van der Waals surface area contributed by atoms with E-state index in [-0.39, 0.29) is 5.54 Å². The van der Waals surface area contributed by atoms with E-state index in [1.54, 1.807) is 0 Å². The molecule has 1 fully saturated rings. The summed E-state index contributed by atoms with van der Waals surface area (Å²) in [6.07, 6.45) is 6.64. The smallest absolute Gasteiger partial charge is 0.161 e. The number of aryl methyl sites for hydroxylation is 2. The molecule has 0 radical (unpaired) electrons. The highest BCUT2D eigenvalue weighted by atomic mass is 32.2. The third-order valence-electron chi connectivity index (χ3n) is 4.36. The van der Waals surface area contributed by atoms with Crippen LogP contribution in [0.3, 0.4) is 0 Å². The molecule has 0 bridgehead atoms. The van der Waals surface area contributed by atoms with Gasteiger partial charge in [-0.1, -0.05) is 37.1 Å². The zero-order valence-electron chi connectivity index (χ0n) is 11.8. The molecule has 2 aliphatic rings. The van der Waals surface area contributed by atoms with Gasteiger partial charge in [0.05, 0.1) is 5.54 Å². The molecule has 0 amide bonds. The predicted molar refractivity (Wildman–Crippen MR) is 85.2 cm³/mol. The molecule has 19 heavy (non-hydrogen) atoms. The van der Waals surface area contributed by atoms with Gasteiger partial charge in [-0.3, -0.25) is 4.99 Å². The van der Waals surface area contributed by atoms with E-state index in [4.69, 9.17) is 4.99 Å². The van der Waals surface area contributed by atoms with Gasteiger partial charge in [0.2, 0.25) is 0 Å². The molecule has 1 aliphatic carbocycles. The number of hydrogen-bond acceptors (Lipinski definition) is 3. The van der Waals surface area contributed by atoms with Crippen LogP contribution in [-0.2, 0) is 0 Å². The third-order valence-corrected chi connectivity index (χ3v) is 5.51. The summed E-state index contributed by atoms with van der Waals surface area (Å²) in [7, 11) is 0. The molecular weight excluding hydrogens is 252 g/mol. The highest BCUT2D eigenvalue weighted by Crippen LogP contribution is 2.39. The first-order valence-electron chi connectivity index (χ1n) is 7.24. The van der Waals surface area contributed by atoms with Gasteiger partial charge in [0.15, 0.2) is 5.17 Å². The van der Waals surface area contributed by atoms with E-state index in [2.05, 4.69) is 37.4 Å². The van der Waals surface area contributed by atoms with Crippen molar-refractivity contribution >= 4 is 22.6 Å². The van der Waals surface area contributed by atoms with Gasteiger partial charge in [0.25, 0.3) is 0 Å². The first-order valence-corrected chi connectivity index (χ1v) is 8.22.